The summed E-state index contributed by atoms with van der Waals surface area (Å²) in [7, 11) is 0. The van der Waals surface area contributed by atoms with Gasteiger partial charge in [0, 0.05) is 32.6 Å². The lowest BCUT2D eigenvalue weighted by molar-refractivity contribution is 0.476. The first-order chi connectivity index (χ1) is 22.8. The van der Waals surface area contributed by atoms with Gasteiger partial charge in [-0.05, 0) is 77.9 Å². The number of furan rings is 1. The molecule has 214 valence electrons. The molecule has 10 aromatic rings. The zero-order valence-electron chi connectivity index (χ0n) is 24.6. The van der Waals surface area contributed by atoms with Crippen molar-refractivity contribution in [3.8, 4) is 34.0 Å². The molecule has 0 fully saturated rings. The van der Waals surface area contributed by atoms with Crippen LogP contribution in [0.5, 0.6) is 11.5 Å². The topological polar surface area (TPSA) is 32.2 Å². The number of hydrogen-bond acceptors (Lipinski definition) is 2. The third kappa shape index (κ3) is 3.07. The third-order valence-corrected chi connectivity index (χ3v) is 9.72. The Morgan fingerprint density at radius 1 is 0.435 bits per heavy atom. The van der Waals surface area contributed by atoms with Crippen molar-refractivity contribution in [2.45, 2.75) is 0 Å². The highest BCUT2D eigenvalue weighted by atomic mass is 16.5. The second kappa shape index (κ2) is 8.68. The van der Waals surface area contributed by atoms with Crippen LogP contribution in [0.2, 0.25) is 0 Å². The van der Waals surface area contributed by atoms with Gasteiger partial charge in [0.1, 0.15) is 11.2 Å². The van der Waals surface area contributed by atoms with Crippen LogP contribution in [0.25, 0.3) is 88.1 Å². The second-order valence-corrected chi connectivity index (χ2v) is 12.1. The highest BCUT2D eigenvalue weighted by Crippen LogP contribution is 2.46. The quantitative estimate of drug-likeness (QED) is 0.201. The fourth-order valence-corrected chi connectivity index (χ4v) is 7.71. The van der Waals surface area contributed by atoms with Gasteiger partial charge in [0.15, 0.2) is 11.5 Å². The minimum Gasteiger partial charge on any atom is -0.455 e. The molecule has 3 aromatic heterocycles. The summed E-state index contributed by atoms with van der Waals surface area (Å²) in [6.07, 6.45) is 0. The fourth-order valence-electron chi connectivity index (χ4n) is 7.71. The van der Waals surface area contributed by atoms with E-state index in [1.807, 2.05) is 24.3 Å². The van der Waals surface area contributed by atoms with E-state index in [9.17, 15) is 0 Å². The molecule has 0 aliphatic carbocycles. The summed E-state index contributed by atoms with van der Waals surface area (Å²) in [6.45, 7) is 0. The summed E-state index contributed by atoms with van der Waals surface area (Å²) >= 11 is 0. The predicted octanol–water partition coefficient (Wildman–Crippen LogP) is 11.6. The highest BCUT2D eigenvalue weighted by Gasteiger charge is 2.24. The summed E-state index contributed by atoms with van der Waals surface area (Å²) < 4.78 is 17.5. The summed E-state index contributed by atoms with van der Waals surface area (Å²) in [5.41, 5.74) is 11.0. The maximum Gasteiger partial charge on any atom is 0.152 e. The first-order valence-electron chi connectivity index (χ1n) is 15.6. The summed E-state index contributed by atoms with van der Waals surface area (Å²) in [4.78, 5) is 0. The highest BCUT2D eigenvalue weighted by molar-refractivity contribution is 6.23. The molecule has 4 nitrogen and oxygen atoms in total. The monoisotopic (exact) mass is 588 g/mol. The van der Waals surface area contributed by atoms with Crippen molar-refractivity contribution in [3.63, 3.8) is 0 Å². The summed E-state index contributed by atoms with van der Waals surface area (Å²) in [5.74, 6) is 1.77. The zero-order chi connectivity index (χ0) is 29.9. The second-order valence-electron chi connectivity index (χ2n) is 12.1. The van der Waals surface area contributed by atoms with Gasteiger partial charge in [-0.3, -0.25) is 0 Å². The molecule has 0 bridgehead atoms. The lowest BCUT2D eigenvalue weighted by Gasteiger charge is -2.20. The fraction of sp³-hybridized carbons (Fsp3) is 0. The maximum absolute atomic E-state index is 6.48. The maximum atomic E-state index is 6.48. The minimum atomic E-state index is 0.880. The van der Waals surface area contributed by atoms with Gasteiger partial charge in [-0.1, -0.05) is 78.9 Å². The van der Waals surface area contributed by atoms with E-state index in [4.69, 9.17) is 9.15 Å². The van der Waals surface area contributed by atoms with Crippen molar-refractivity contribution in [3.05, 3.63) is 146 Å². The SMILES string of the molecule is c1ccc2c(c1)Oc1cccc3c4cc(-c5ccc(-n6c7ccccc7c7c8oc9ccccc9c8ccc76)cc5)ccc4n-2c13. The lowest BCUT2D eigenvalue weighted by Crippen LogP contribution is -2.03. The number of fused-ring (bicyclic) bond motifs is 12. The standard InChI is InChI=1S/C42H24N2O2/c1-3-11-33-31(9-1)40-36(23-21-30-28-8-2-5-13-37(28)46-42(30)40)43(33)27-19-16-25(17-20-27)26-18-22-34-32(24-26)29-10-7-15-39-41(29)44(34)35-12-4-6-14-38(35)45-39/h1-24H. The Bertz CT molecular complexity index is 2880. The van der Waals surface area contributed by atoms with Gasteiger partial charge in [0.05, 0.1) is 33.1 Å². The first kappa shape index (κ1) is 24.1. The molecule has 0 radical (unpaired) electrons. The molecular weight excluding hydrogens is 564 g/mol. The Morgan fingerprint density at radius 2 is 1.15 bits per heavy atom. The van der Waals surface area contributed by atoms with Crippen molar-refractivity contribution in [2.75, 3.05) is 0 Å². The van der Waals surface area contributed by atoms with Crippen LogP contribution in [-0.2, 0) is 0 Å². The predicted molar refractivity (Wildman–Crippen MR) is 188 cm³/mol. The van der Waals surface area contributed by atoms with Crippen LogP contribution in [0.4, 0.5) is 0 Å². The van der Waals surface area contributed by atoms with Crippen molar-refractivity contribution >= 4 is 65.6 Å². The molecular formula is C42H24N2O2. The van der Waals surface area contributed by atoms with Crippen molar-refractivity contribution in [2.24, 2.45) is 0 Å². The molecule has 7 aromatic carbocycles. The van der Waals surface area contributed by atoms with E-state index in [1.165, 1.54) is 32.8 Å². The average Bonchev–Trinajstić information content (AvgIpc) is 3.77. The minimum absolute atomic E-state index is 0.880. The third-order valence-electron chi connectivity index (χ3n) is 9.72. The Morgan fingerprint density at radius 3 is 2.09 bits per heavy atom. The largest absolute Gasteiger partial charge is 0.455 e. The number of hydrogen-bond donors (Lipinski definition) is 0. The van der Waals surface area contributed by atoms with Crippen LogP contribution in [0.15, 0.2) is 150 Å². The van der Waals surface area contributed by atoms with E-state index in [1.54, 1.807) is 0 Å². The van der Waals surface area contributed by atoms with Gasteiger partial charge in [0.2, 0.25) is 0 Å². The van der Waals surface area contributed by atoms with E-state index >= 15 is 0 Å². The molecule has 0 saturated carbocycles. The molecule has 46 heavy (non-hydrogen) atoms. The first-order valence-corrected chi connectivity index (χ1v) is 15.6. The average molecular weight is 589 g/mol. The van der Waals surface area contributed by atoms with E-state index in [0.29, 0.717) is 0 Å². The van der Waals surface area contributed by atoms with Gasteiger partial charge in [0.25, 0.3) is 0 Å². The number of aromatic nitrogens is 2. The molecule has 0 spiro atoms. The summed E-state index contributed by atoms with van der Waals surface area (Å²) in [5, 5.41) is 7.05. The lowest BCUT2D eigenvalue weighted by atomic mass is 10.0. The molecule has 0 atom stereocenters. The normalized spacial score (nSPS) is 12.5. The Balaban J connectivity index is 1.08. The number of para-hydroxylation sites is 5. The molecule has 0 N–H and O–H groups in total. The van der Waals surface area contributed by atoms with Crippen molar-refractivity contribution in [1.82, 2.24) is 9.13 Å². The van der Waals surface area contributed by atoms with E-state index in [2.05, 4.69) is 130 Å². The van der Waals surface area contributed by atoms with Crippen LogP contribution < -0.4 is 4.74 Å². The summed E-state index contributed by atoms with van der Waals surface area (Å²) in [6, 6.07) is 51.7. The van der Waals surface area contributed by atoms with Gasteiger partial charge in [-0.25, -0.2) is 0 Å². The van der Waals surface area contributed by atoms with Crippen LogP contribution in [0, 0.1) is 0 Å². The molecule has 0 unspecified atom stereocenters. The molecule has 4 heterocycles. The Hall–Kier alpha value is -6.26. The molecule has 0 amide bonds. The molecule has 1 aliphatic heterocycles. The smallest absolute Gasteiger partial charge is 0.152 e. The molecule has 4 heteroatoms. The molecule has 11 rings (SSSR count). The van der Waals surface area contributed by atoms with E-state index in [0.717, 1.165) is 66.7 Å². The molecule has 0 saturated heterocycles. The van der Waals surface area contributed by atoms with Crippen LogP contribution in [0.3, 0.4) is 0 Å². The van der Waals surface area contributed by atoms with Crippen molar-refractivity contribution < 1.29 is 9.15 Å². The van der Waals surface area contributed by atoms with Crippen LogP contribution >= 0.6 is 0 Å². The van der Waals surface area contributed by atoms with Gasteiger partial charge < -0.3 is 18.3 Å². The number of ether oxygens (including phenoxy) is 1. The van der Waals surface area contributed by atoms with E-state index < -0.39 is 0 Å². The van der Waals surface area contributed by atoms with Crippen LogP contribution in [-0.4, -0.2) is 9.13 Å². The Kier molecular flexibility index (Phi) is 4.55. The molecule has 1 aliphatic rings. The van der Waals surface area contributed by atoms with Gasteiger partial charge in [-0.2, -0.15) is 0 Å². The zero-order valence-corrected chi connectivity index (χ0v) is 24.6. The number of nitrogens with zero attached hydrogens (tertiary/aromatic N) is 2. The number of benzene rings is 7. The van der Waals surface area contributed by atoms with Gasteiger partial charge in [-0.15, -0.1) is 0 Å². The van der Waals surface area contributed by atoms with Gasteiger partial charge >= 0.3 is 0 Å². The van der Waals surface area contributed by atoms with Crippen LogP contribution in [0.1, 0.15) is 0 Å². The van der Waals surface area contributed by atoms with E-state index in [-0.39, 0.29) is 0 Å². The number of rotatable bonds is 2. The Labute approximate surface area is 262 Å². The van der Waals surface area contributed by atoms with Crippen molar-refractivity contribution in [1.29, 1.82) is 0 Å².